The number of benzene rings is 1. The second-order valence-electron chi connectivity index (χ2n) is 6.02. The Kier molecular flexibility index (Phi) is 5.03. The standard InChI is InChI=1S/C17H22N2O4/c1-10(2)19-9-12(8-14(19)20)16(21)18-13-7-5-6-11(3)15(13)17(22)23-4/h5-7,10,12H,8-9H2,1-4H3,(H,18,21). The maximum Gasteiger partial charge on any atom is 0.340 e. The van der Waals surface area contributed by atoms with Gasteiger partial charge in [-0.15, -0.1) is 0 Å². The summed E-state index contributed by atoms with van der Waals surface area (Å²) in [5, 5.41) is 2.77. The molecule has 1 aromatic rings. The number of carbonyl (C=O) groups excluding carboxylic acids is 3. The molecule has 0 aromatic heterocycles. The molecule has 1 N–H and O–H groups in total. The second-order valence-corrected chi connectivity index (χ2v) is 6.02. The van der Waals surface area contributed by atoms with E-state index < -0.39 is 11.9 Å². The molecule has 0 bridgehead atoms. The van der Waals surface area contributed by atoms with E-state index in [-0.39, 0.29) is 24.3 Å². The van der Waals surface area contributed by atoms with Crippen molar-refractivity contribution in [3.8, 4) is 0 Å². The maximum atomic E-state index is 12.5. The molecule has 0 radical (unpaired) electrons. The van der Waals surface area contributed by atoms with Gasteiger partial charge in [-0.05, 0) is 32.4 Å². The predicted octanol–water partition coefficient (Wildman–Crippen LogP) is 1.98. The molecule has 1 aliphatic heterocycles. The Labute approximate surface area is 135 Å². The van der Waals surface area contributed by atoms with Crippen LogP contribution in [0, 0.1) is 12.8 Å². The van der Waals surface area contributed by atoms with Crippen molar-refractivity contribution in [1.29, 1.82) is 0 Å². The molecule has 23 heavy (non-hydrogen) atoms. The molecule has 6 heteroatoms. The topological polar surface area (TPSA) is 75.7 Å². The predicted molar refractivity (Wildman–Crippen MR) is 86.1 cm³/mol. The van der Waals surface area contributed by atoms with Crippen LogP contribution in [0.3, 0.4) is 0 Å². The first kappa shape index (κ1) is 17.0. The molecule has 1 fully saturated rings. The van der Waals surface area contributed by atoms with Crippen molar-refractivity contribution in [3.63, 3.8) is 0 Å². The first-order valence-electron chi connectivity index (χ1n) is 7.63. The van der Waals surface area contributed by atoms with Gasteiger partial charge in [-0.3, -0.25) is 9.59 Å². The van der Waals surface area contributed by atoms with Crippen molar-refractivity contribution in [1.82, 2.24) is 4.90 Å². The minimum absolute atomic E-state index is 0.0161. The van der Waals surface area contributed by atoms with E-state index in [1.165, 1.54) is 7.11 Å². The smallest absolute Gasteiger partial charge is 0.340 e. The Morgan fingerprint density at radius 3 is 2.61 bits per heavy atom. The lowest BCUT2D eigenvalue weighted by Crippen LogP contribution is -2.33. The molecule has 1 aliphatic rings. The van der Waals surface area contributed by atoms with Gasteiger partial charge in [-0.1, -0.05) is 12.1 Å². The summed E-state index contributed by atoms with van der Waals surface area (Å²) in [5.74, 6) is -1.17. The van der Waals surface area contributed by atoms with Crippen molar-refractivity contribution < 1.29 is 19.1 Å². The highest BCUT2D eigenvalue weighted by Crippen LogP contribution is 2.25. The monoisotopic (exact) mass is 318 g/mol. The largest absolute Gasteiger partial charge is 0.465 e. The number of hydrogen-bond acceptors (Lipinski definition) is 4. The first-order valence-corrected chi connectivity index (χ1v) is 7.63. The van der Waals surface area contributed by atoms with Gasteiger partial charge in [-0.25, -0.2) is 4.79 Å². The van der Waals surface area contributed by atoms with Gasteiger partial charge in [0, 0.05) is 19.0 Å². The summed E-state index contributed by atoms with van der Waals surface area (Å²) in [6.45, 7) is 6.03. The Balaban J connectivity index is 2.17. The lowest BCUT2D eigenvalue weighted by molar-refractivity contribution is -0.129. The molecule has 6 nitrogen and oxygen atoms in total. The number of amides is 2. The van der Waals surface area contributed by atoms with Crippen molar-refractivity contribution >= 4 is 23.5 Å². The average Bonchev–Trinajstić information content (AvgIpc) is 2.89. The zero-order chi connectivity index (χ0) is 17.1. The first-order chi connectivity index (χ1) is 10.8. The van der Waals surface area contributed by atoms with Gasteiger partial charge in [0.1, 0.15) is 0 Å². The van der Waals surface area contributed by atoms with E-state index in [1.54, 1.807) is 30.0 Å². The van der Waals surface area contributed by atoms with Crippen LogP contribution in [0.15, 0.2) is 18.2 Å². The van der Waals surface area contributed by atoms with E-state index >= 15 is 0 Å². The molecule has 0 saturated carbocycles. The lowest BCUT2D eigenvalue weighted by atomic mass is 10.0. The number of hydrogen-bond donors (Lipinski definition) is 1. The number of nitrogens with one attached hydrogen (secondary N) is 1. The summed E-state index contributed by atoms with van der Waals surface area (Å²) in [4.78, 5) is 38.0. The van der Waals surface area contributed by atoms with E-state index in [0.29, 0.717) is 17.8 Å². The number of ether oxygens (including phenoxy) is 1. The summed E-state index contributed by atoms with van der Waals surface area (Å²) < 4.78 is 4.78. The van der Waals surface area contributed by atoms with Crippen molar-refractivity contribution in [2.75, 3.05) is 19.0 Å². The lowest BCUT2D eigenvalue weighted by Gasteiger charge is -2.21. The average molecular weight is 318 g/mol. The molecule has 0 spiro atoms. The zero-order valence-electron chi connectivity index (χ0n) is 13.9. The van der Waals surface area contributed by atoms with Gasteiger partial charge in [0.15, 0.2) is 0 Å². The SMILES string of the molecule is COC(=O)c1c(C)cccc1NC(=O)C1CC(=O)N(C(C)C)C1. The number of rotatable bonds is 4. The van der Waals surface area contributed by atoms with Gasteiger partial charge in [0.05, 0.1) is 24.3 Å². The summed E-state index contributed by atoms with van der Waals surface area (Å²) in [5.41, 5.74) is 1.48. The van der Waals surface area contributed by atoms with Gasteiger partial charge < -0.3 is 15.0 Å². The Morgan fingerprint density at radius 2 is 2.04 bits per heavy atom. The number of likely N-dealkylation sites (tertiary alicyclic amines) is 1. The van der Waals surface area contributed by atoms with Crippen molar-refractivity contribution in [3.05, 3.63) is 29.3 Å². The van der Waals surface area contributed by atoms with E-state index in [0.717, 1.165) is 5.56 Å². The van der Waals surface area contributed by atoms with E-state index in [1.807, 2.05) is 13.8 Å². The fourth-order valence-electron chi connectivity index (χ4n) is 2.79. The highest BCUT2D eigenvalue weighted by atomic mass is 16.5. The third-order valence-electron chi connectivity index (χ3n) is 4.07. The summed E-state index contributed by atoms with van der Waals surface area (Å²) in [7, 11) is 1.30. The Morgan fingerprint density at radius 1 is 1.35 bits per heavy atom. The third-order valence-corrected chi connectivity index (χ3v) is 4.07. The van der Waals surface area contributed by atoms with Crippen molar-refractivity contribution in [2.24, 2.45) is 5.92 Å². The molecule has 2 rings (SSSR count). The van der Waals surface area contributed by atoms with E-state index in [4.69, 9.17) is 4.74 Å². The number of methoxy groups -OCH3 is 1. The molecule has 0 aliphatic carbocycles. The summed E-state index contributed by atoms with van der Waals surface area (Å²) in [6.07, 6.45) is 0.198. The van der Waals surface area contributed by atoms with Crippen LogP contribution in [0.25, 0.3) is 0 Å². The van der Waals surface area contributed by atoms with E-state index in [9.17, 15) is 14.4 Å². The molecule has 1 aromatic carbocycles. The van der Waals surface area contributed by atoms with Crippen LogP contribution in [-0.4, -0.2) is 42.4 Å². The number of anilines is 1. The third kappa shape index (κ3) is 3.52. The molecule has 124 valence electrons. The summed E-state index contributed by atoms with van der Waals surface area (Å²) in [6, 6.07) is 5.28. The van der Waals surface area contributed by atoms with Crippen LogP contribution in [0.1, 0.15) is 36.2 Å². The van der Waals surface area contributed by atoms with Crippen molar-refractivity contribution in [2.45, 2.75) is 33.2 Å². The van der Waals surface area contributed by atoms with Gasteiger partial charge in [-0.2, -0.15) is 0 Å². The molecule has 1 atom stereocenters. The van der Waals surface area contributed by atoms with Gasteiger partial charge >= 0.3 is 5.97 Å². The fourth-order valence-corrected chi connectivity index (χ4v) is 2.79. The minimum atomic E-state index is -0.496. The number of nitrogens with zero attached hydrogens (tertiary/aromatic N) is 1. The molecule has 2 amide bonds. The molecular weight excluding hydrogens is 296 g/mol. The van der Waals surface area contributed by atoms with Crippen LogP contribution in [0.2, 0.25) is 0 Å². The van der Waals surface area contributed by atoms with Gasteiger partial charge in [0.2, 0.25) is 11.8 Å². The van der Waals surface area contributed by atoms with Crippen LogP contribution < -0.4 is 5.32 Å². The highest BCUT2D eigenvalue weighted by molar-refractivity contribution is 6.04. The number of esters is 1. The van der Waals surface area contributed by atoms with Crippen LogP contribution in [0.5, 0.6) is 0 Å². The number of aryl methyl sites for hydroxylation is 1. The molecular formula is C17H22N2O4. The van der Waals surface area contributed by atoms with E-state index in [2.05, 4.69) is 5.32 Å². The Bertz CT molecular complexity index is 639. The second kappa shape index (κ2) is 6.81. The van der Waals surface area contributed by atoms with Crippen LogP contribution in [0.4, 0.5) is 5.69 Å². The Hall–Kier alpha value is -2.37. The molecule has 1 unspecified atom stereocenters. The quantitative estimate of drug-likeness (QED) is 0.861. The minimum Gasteiger partial charge on any atom is -0.465 e. The van der Waals surface area contributed by atoms with Crippen LogP contribution >= 0.6 is 0 Å². The van der Waals surface area contributed by atoms with Gasteiger partial charge in [0.25, 0.3) is 0 Å². The zero-order valence-corrected chi connectivity index (χ0v) is 13.9. The normalized spacial score (nSPS) is 17.5. The number of carbonyl (C=O) groups is 3. The van der Waals surface area contributed by atoms with Crippen LogP contribution in [-0.2, 0) is 14.3 Å². The molecule has 1 heterocycles. The highest BCUT2D eigenvalue weighted by Gasteiger charge is 2.35. The summed E-state index contributed by atoms with van der Waals surface area (Å²) >= 11 is 0. The molecule has 1 saturated heterocycles. The maximum absolute atomic E-state index is 12.5. The fraction of sp³-hybridized carbons (Fsp3) is 0.471.